The Hall–Kier alpha value is -1.82. The minimum atomic E-state index is 0.330. The number of nitrogens with two attached hydrogens (primary N) is 1. The molecule has 3 aromatic rings. The average molecular weight is 430 g/mol. The number of hydrogen-bond acceptors (Lipinski definition) is 4. The molecule has 2 aliphatic rings. The number of piperidine rings is 1. The topological polar surface area (TPSA) is 59.5 Å². The summed E-state index contributed by atoms with van der Waals surface area (Å²) in [6, 6.07) is 5.90. The molecule has 2 fully saturated rings. The maximum atomic E-state index is 6.50. The molecule has 1 aromatic carbocycles. The van der Waals surface area contributed by atoms with Crippen LogP contribution in [-0.4, -0.2) is 33.5 Å². The highest BCUT2D eigenvalue weighted by Gasteiger charge is 2.43. The molecule has 5 nitrogen and oxygen atoms in total. The molecule has 1 saturated heterocycles. The molecule has 152 valence electrons. The molecule has 5 rings (SSSR count). The van der Waals surface area contributed by atoms with Crippen LogP contribution in [0.25, 0.3) is 16.8 Å². The number of hydrogen-bond donors (Lipinski definition) is 1. The van der Waals surface area contributed by atoms with Crippen LogP contribution in [0, 0.1) is 12.3 Å². The first-order valence-electron chi connectivity index (χ1n) is 10.3. The molecule has 1 saturated carbocycles. The van der Waals surface area contributed by atoms with Crippen molar-refractivity contribution in [1.82, 2.24) is 14.4 Å². The SMILES string of the molecule is Cc1nc(N2CCC3(CCCC3N)CC2)n2ccnc2c1-c1ccc(Cl)cc1Cl. The van der Waals surface area contributed by atoms with Crippen LogP contribution in [0.3, 0.4) is 0 Å². The van der Waals surface area contributed by atoms with E-state index in [0.717, 1.165) is 54.3 Å². The lowest BCUT2D eigenvalue weighted by Crippen LogP contribution is -2.47. The molecule has 1 aliphatic carbocycles. The Labute approximate surface area is 180 Å². The molecule has 1 atom stereocenters. The van der Waals surface area contributed by atoms with Crippen LogP contribution >= 0.6 is 23.2 Å². The smallest absolute Gasteiger partial charge is 0.211 e. The normalized spacial score (nSPS) is 21.4. The van der Waals surface area contributed by atoms with Gasteiger partial charge in [-0.3, -0.25) is 4.40 Å². The van der Waals surface area contributed by atoms with Crippen LogP contribution in [0.4, 0.5) is 5.95 Å². The Balaban J connectivity index is 1.53. The van der Waals surface area contributed by atoms with Crippen molar-refractivity contribution in [3.05, 3.63) is 46.3 Å². The van der Waals surface area contributed by atoms with Gasteiger partial charge in [-0.15, -0.1) is 0 Å². The van der Waals surface area contributed by atoms with E-state index in [2.05, 4.69) is 14.3 Å². The van der Waals surface area contributed by atoms with Crippen LogP contribution in [0.2, 0.25) is 10.0 Å². The zero-order chi connectivity index (χ0) is 20.2. The van der Waals surface area contributed by atoms with Gasteiger partial charge in [0.25, 0.3) is 0 Å². The second-order valence-corrected chi connectivity index (χ2v) is 9.31. The van der Waals surface area contributed by atoms with Crippen molar-refractivity contribution in [3.63, 3.8) is 0 Å². The van der Waals surface area contributed by atoms with Gasteiger partial charge in [0, 0.05) is 47.7 Å². The van der Waals surface area contributed by atoms with Crippen molar-refractivity contribution in [1.29, 1.82) is 0 Å². The van der Waals surface area contributed by atoms with Crippen molar-refractivity contribution in [3.8, 4) is 11.1 Å². The van der Waals surface area contributed by atoms with E-state index >= 15 is 0 Å². The van der Waals surface area contributed by atoms with E-state index < -0.39 is 0 Å². The molecule has 1 spiro atoms. The molecular formula is C22H25Cl2N5. The Bertz CT molecular complexity index is 1070. The zero-order valence-corrected chi connectivity index (χ0v) is 18.0. The second kappa shape index (κ2) is 7.15. The van der Waals surface area contributed by atoms with Gasteiger partial charge in [0.15, 0.2) is 0 Å². The van der Waals surface area contributed by atoms with Crippen molar-refractivity contribution in [2.75, 3.05) is 18.0 Å². The lowest BCUT2D eigenvalue weighted by atomic mass is 9.74. The Kier molecular flexibility index (Phi) is 4.72. The van der Waals surface area contributed by atoms with Gasteiger partial charge in [0.2, 0.25) is 5.95 Å². The first kappa shape index (κ1) is 19.2. The monoisotopic (exact) mass is 429 g/mol. The average Bonchev–Trinajstić information content (AvgIpc) is 3.31. The van der Waals surface area contributed by atoms with E-state index in [-0.39, 0.29) is 0 Å². The van der Waals surface area contributed by atoms with Gasteiger partial charge in [-0.2, -0.15) is 0 Å². The molecule has 1 unspecified atom stereocenters. The first-order chi connectivity index (χ1) is 14.0. The molecule has 0 radical (unpaired) electrons. The van der Waals surface area contributed by atoms with E-state index in [1.807, 2.05) is 31.5 Å². The maximum absolute atomic E-state index is 6.50. The number of rotatable bonds is 2. The third-order valence-corrected chi connectivity index (χ3v) is 7.48. The number of anilines is 1. The van der Waals surface area contributed by atoms with E-state index in [4.69, 9.17) is 33.9 Å². The van der Waals surface area contributed by atoms with Crippen molar-refractivity contribution >= 4 is 34.8 Å². The first-order valence-corrected chi connectivity index (χ1v) is 11.0. The largest absolute Gasteiger partial charge is 0.342 e. The quantitative estimate of drug-likeness (QED) is 0.614. The highest BCUT2D eigenvalue weighted by Crippen LogP contribution is 2.46. The van der Waals surface area contributed by atoms with Crippen molar-refractivity contribution in [2.45, 2.75) is 45.1 Å². The molecule has 0 amide bonds. The summed E-state index contributed by atoms with van der Waals surface area (Å²) >= 11 is 12.6. The summed E-state index contributed by atoms with van der Waals surface area (Å²) in [5.74, 6) is 0.949. The van der Waals surface area contributed by atoms with Crippen LogP contribution < -0.4 is 10.6 Å². The van der Waals surface area contributed by atoms with Gasteiger partial charge in [0.05, 0.1) is 10.7 Å². The predicted molar refractivity (Wildman–Crippen MR) is 119 cm³/mol. The summed E-state index contributed by atoms with van der Waals surface area (Å²) in [6.45, 7) is 3.99. The number of aromatic nitrogens is 3. The van der Waals surface area contributed by atoms with Gasteiger partial charge in [-0.1, -0.05) is 35.7 Å². The summed E-state index contributed by atoms with van der Waals surface area (Å²) in [4.78, 5) is 12.0. The molecule has 1 aliphatic heterocycles. The summed E-state index contributed by atoms with van der Waals surface area (Å²) in [5.41, 5.74) is 10.4. The molecule has 3 heterocycles. The van der Waals surface area contributed by atoms with Crippen LogP contribution in [0.15, 0.2) is 30.6 Å². The molecular weight excluding hydrogens is 405 g/mol. The highest BCUT2D eigenvalue weighted by molar-refractivity contribution is 6.36. The fraction of sp³-hybridized carbons (Fsp3) is 0.455. The fourth-order valence-electron chi connectivity index (χ4n) is 5.24. The maximum Gasteiger partial charge on any atom is 0.211 e. The molecule has 0 bridgehead atoms. The lowest BCUT2D eigenvalue weighted by Gasteiger charge is -2.42. The molecule has 2 aromatic heterocycles. The van der Waals surface area contributed by atoms with E-state index in [1.54, 1.807) is 6.07 Å². The Morgan fingerprint density at radius 1 is 1.17 bits per heavy atom. The van der Waals surface area contributed by atoms with Gasteiger partial charge in [0.1, 0.15) is 5.65 Å². The number of benzene rings is 1. The zero-order valence-electron chi connectivity index (χ0n) is 16.5. The van der Waals surface area contributed by atoms with Crippen LogP contribution in [-0.2, 0) is 0 Å². The number of fused-ring (bicyclic) bond motifs is 1. The summed E-state index contributed by atoms with van der Waals surface area (Å²) in [6.07, 6.45) is 9.77. The van der Waals surface area contributed by atoms with Gasteiger partial charge in [-0.25, -0.2) is 9.97 Å². The van der Waals surface area contributed by atoms with Crippen molar-refractivity contribution in [2.24, 2.45) is 11.1 Å². The minimum Gasteiger partial charge on any atom is -0.342 e. The van der Waals surface area contributed by atoms with E-state index in [9.17, 15) is 0 Å². The number of nitrogens with zero attached hydrogens (tertiary/aromatic N) is 4. The Morgan fingerprint density at radius 2 is 1.97 bits per heavy atom. The van der Waals surface area contributed by atoms with Gasteiger partial charge < -0.3 is 10.6 Å². The van der Waals surface area contributed by atoms with E-state index in [1.165, 1.54) is 19.3 Å². The summed E-state index contributed by atoms with van der Waals surface area (Å²) in [5, 5.41) is 1.22. The van der Waals surface area contributed by atoms with Gasteiger partial charge in [-0.05, 0) is 50.2 Å². The second-order valence-electron chi connectivity index (χ2n) is 8.47. The molecule has 2 N–H and O–H groups in total. The highest BCUT2D eigenvalue weighted by atomic mass is 35.5. The number of aryl methyl sites for hydroxylation is 1. The van der Waals surface area contributed by atoms with E-state index in [0.29, 0.717) is 21.5 Å². The number of halogens is 2. The third kappa shape index (κ3) is 3.11. The van der Waals surface area contributed by atoms with Crippen molar-refractivity contribution < 1.29 is 0 Å². The summed E-state index contributed by atoms with van der Waals surface area (Å²) in [7, 11) is 0. The van der Waals surface area contributed by atoms with Crippen LogP contribution in [0.1, 0.15) is 37.8 Å². The lowest BCUT2D eigenvalue weighted by molar-refractivity contribution is 0.197. The Morgan fingerprint density at radius 3 is 2.66 bits per heavy atom. The number of imidazole rings is 1. The van der Waals surface area contributed by atoms with Gasteiger partial charge >= 0.3 is 0 Å². The summed E-state index contributed by atoms with van der Waals surface area (Å²) < 4.78 is 2.08. The fourth-order valence-corrected chi connectivity index (χ4v) is 5.74. The molecule has 7 heteroatoms. The third-order valence-electron chi connectivity index (χ3n) is 6.93. The standard InChI is InChI=1S/C22H25Cl2N5/c1-14-19(16-5-4-15(23)13-17(16)24)20-26-9-12-29(20)21(27-14)28-10-7-22(8-11-28)6-2-3-18(22)25/h4-5,9,12-13,18H,2-3,6-8,10-11,25H2,1H3. The minimum absolute atomic E-state index is 0.330. The predicted octanol–water partition coefficient (Wildman–Crippen LogP) is 5.11. The molecule has 29 heavy (non-hydrogen) atoms. The van der Waals surface area contributed by atoms with Crippen LogP contribution in [0.5, 0.6) is 0 Å².